The molecule has 3 rings (SSSR count). The molecule has 0 spiro atoms. The third kappa shape index (κ3) is 3.57. The van der Waals surface area contributed by atoms with E-state index in [9.17, 15) is 4.79 Å². The van der Waals surface area contributed by atoms with Crippen molar-refractivity contribution in [2.45, 2.75) is 19.9 Å². The van der Waals surface area contributed by atoms with E-state index < -0.39 is 0 Å². The molecule has 23 heavy (non-hydrogen) atoms. The van der Waals surface area contributed by atoms with Crippen molar-refractivity contribution >= 4 is 17.5 Å². The van der Waals surface area contributed by atoms with Crippen LogP contribution in [0.1, 0.15) is 34.8 Å². The van der Waals surface area contributed by atoms with Crippen molar-refractivity contribution in [3.63, 3.8) is 0 Å². The number of aryl methyl sites for hydroxylation is 1. The molecule has 1 atom stereocenters. The fourth-order valence-corrected chi connectivity index (χ4v) is 3.01. The molecule has 2 heterocycles. The van der Waals surface area contributed by atoms with Gasteiger partial charge in [-0.05, 0) is 31.5 Å². The highest BCUT2D eigenvalue weighted by molar-refractivity contribution is 6.30. The zero-order valence-electron chi connectivity index (χ0n) is 13.3. The highest BCUT2D eigenvalue weighted by atomic mass is 35.5. The van der Waals surface area contributed by atoms with Gasteiger partial charge in [-0.3, -0.25) is 9.69 Å². The molecule has 0 aliphatic carbocycles. The summed E-state index contributed by atoms with van der Waals surface area (Å²) in [5.74, 6) is 0.242. The topological polar surface area (TPSA) is 49.6 Å². The summed E-state index contributed by atoms with van der Waals surface area (Å²) in [6.07, 6.45) is 0. The molecule has 1 amide bonds. The first-order valence-corrected chi connectivity index (χ1v) is 8.14. The van der Waals surface area contributed by atoms with Gasteiger partial charge >= 0.3 is 0 Å². The fraction of sp³-hybridized carbons (Fsp3) is 0.412. The van der Waals surface area contributed by atoms with Crippen LogP contribution in [0, 0.1) is 6.92 Å². The Hall–Kier alpha value is -1.85. The molecule has 1 aliphatic heterocycles. The van der Waals surface area contributed by atoms with Crippen molar-refractivity contribution in [3.05, 3.63) is 52.4 Å². The largest absolute Gasteiger partial charge is 0.351 e. The van der Waals surface area contributed by atoms with Gasteiger partial charge in [0.15, 0.2) is 0 Å². The summed E-state index contributed by atoms with van der Waals surface area (Å²) < 4.78 is 5.07. The van der Waals surface area contributed by atoms with E-state index in [4.69, 9.17) is 16.1 Å². The average molecular weight is 334 g/mol. The fourth-order valence-electron chi connectivity index (χ4n) is 2.88. The number of benzene rings is 1. The molecule has 1 fully saturated rings. The third-order valence-electron chi connectivity index (χ3n) is 4.34. The smallest absolute Gasteiger partial charge is 0.292 e. The first kappa shape index (κ1) is 16.0. The number of nitrogens with zero attached hydrogens (tertiary/aromatic N) is 3. The zero-order chi connectivity index (χ0) is 16.4. The van der Waals surface area contributed by atoms with Crippen LogP contribution in [0.2, 0.25) is 5.02 Å². The van der Waals surface area contributed by atoms with Crippen molar-refractivity contribution in [3.8, 4) is 0 Å². The van der Waals surface area contributed by atoms with E-state index in [2.05, 4.69) is 29.1 Å². The maximum Gasteiger partial charge on any atom is 0.292 e. The molecule has 6 heteroatoms. The molecular formula is C17H20ClN3O2. The predicted octanol–water partition coefficient (Wildman–Crippen LogP) is 3.16. The molecular weight excluding hydrogens is 314 g/mol. The summed E-state index contributed by atoms with van der Waals surface area (Å²) in [5, 5.41) is 4.53. The summed E-state index contributed by atoms with van der Waals surface area (Å²) in [4.78, 5) is 16.6. The van der Waals surface area contributed by atoms with Crippen LogP contribution in [0.4, 0.5) is 0 Å². The normalized spacial score (nSPS) is 17.3. The number of rotatable bonds is 3. The SMILES string of the molecule is Cc1cc(C(=O)N2CCN(C(C)c3ccc(Cl)cc3)CC2)on1. The van der Waals surface area contributed by atoms with E-state index in [-0.39, 0.29) is 5.91 Å². The van der Waals surface area contributed by atoms with Gasteiger partial charge in [0.1, 0.15) is 0 Å². The number of piperazine rings is 1. The van der Waals surface area contributed by atoms with Crippen LogP contribution in [0.15, 0.2) is 34.9 Å². The lowest BCUT2D eigenvalue weighted by Crippen LogP contribution is -2.49. The first-order chi connectivity index (χ1) is 11.0. The summed E-state index contributed by atoms with van der Waals surface area (Å²) in [6, 6.07) is 9.94. The zero-order valence-corrected chi connectivity index (χ0v) is 14.1. The quantitative estimate of drug-likeness (QED) is 0.865. The van der Waals surface area contributed by atoms with Crippen LogP contribution in [0.25, 0.3) is 0 Å². The minimum atomic E-state index is -0.0793. The van der Waals surface area contributed by atoms with Crippen LogP contribution < -0.4 is 0 Å². The number of halogens is 1. The lowest BCUT2D eigenvalue weighted by atomic mass is 10.1. The average Bonchev–Trinajstić information content (AvgIpc) is 3.01. The van der Waals surface area contributed by atoms with Gasteiger partial charge in [0.05, 0.1) is 5.69 Å². The first-order valence-electron chi connectivity index (χ1n) is 7.76. The van der Waals surface area contributed by atoms with Gasteiger partial charge in [-0.2, -0.15) is 0 Å². The van der Waals surface area contributed by atoms with Crippen LogP contribution >= 0.6 is 11.6 Å². The Morgan fingerprint density at radius 3 is 2.43 bits per heavy atom. The molecule has 0 radical (unpaired) electrons. The summed E-state index contributed by atoms with van der Waals surface area (Å²) in [6.45, 7) is 7.05. The maximum absolute atomic E-state index is 12.4. The standard InChI is InChI=1S/C17H20ClN3O2/c1-12-11-16(23-19-12)17(22)21-9-7-20(8-10-21)13(2)14-3-5-15(18)6-4-14/h3-6,11,13H,7-10H2,1-2H3. The monoisotopic (exact) mass is 333 g/mol. The molecule has 1 aromatic carbocycles. The lowest BCUT2D eigenvalue weighted by molar-refractivity contribution is 0.0544. The molecule has 5 nitrogen and oxygen atoms in total. The van der Waals surface area contributed by atoms with Crippen molar-refractivity contribution in [2.75, 3.05) is 26.2 Å². The third-order valence-corrected chi connectivity index (χ3v) is 4.59. The molecule has 1 saturated heterocycles. The molecule has 0 saturated carbocycles. The Labute approximate surface area is 140 Å². The highest BCUT2D eigenvalue weighted by Gasteiger charge is 2.27. The van der Waals surface area contributed by atoms with Crippen LogP contribution in [0.3, 0.4) is 0 Å². The van der Waals surface area contributed by atoms with Gasteiger partial charge in [0, 0.05) is 43.3 Å². The van der Waals surface area contributed by atoms with E-state index in [1.54, 1.807) is 6.07 Å². The maximum atomic E-state index is 12.4. The lowest BCUT2D eigenvalue weighted by Gasteiger charge is -2.37. The summed E-state index contributed by atoms with van der Waals surface area (Å²) in [7, 11) is 0. The Morgan fingerprint density at radius 1 is 1.22 bits per heavy atom. The Kier molecular flexibility index (Phi) is 4.68. The van der Waals surface area contributed by atoms with Crippen LogP contribution in [-0.4, -0.2) is 47.0 Å². The minimum Gasteiger partial charge on any atom is -0.351 e. The second kappa shape index (κ2) is 6.72. The van der Waals surface area contributed by atoms with Gasteiger partial charge in [-0.15, -0.1) is 0 Å². The van der Waals surface area contributed by atoms with Gasteiger partial charge in [-0.1, -0.05) is 28.9 Å². The van der Waals surface area contributed by atoms with E-state index in [1.807, 2.05) is 24.0 Å². The number of carbonyl (C=O) groups is 1. The Morgan fingerprint density at radius 2 is 1.87 bits per heavy atom. The van der Waals surface area contributed by atoms with Gasteiger partial charge in [0.2, 0.25) is 5.76 Å². The molecule has 0 bridgehead atoms. The number of hydrogen-bond donors (Lipinski definition) is 0. The molecule has 1 aliphatic rings. The van der Waals surface area contributed by atoms with E-state index in [0.717, 1.165) is 23.8 Å². The Balaban J connectivity index is 1.59. The van der Waals surface area contributed by atoms with E-state index >= 15 is 0 Å². The van der Waals surface area contributed by atoms with Crippen molar-refractivity contribution < 1.29 is 9.32 Å². The number of carbonyl (C=O) groups excluding carboxylic acids is 1. The molecule has 2 aromatic rings. The number of amides is 1. The highest BCUT2D eigenvalue weighted by Crippen LogP contribution is 2.23. The van der Waals surface area contributed by atoms with Crippen LogP contribution in [0.5, 0.6) is 0 Å². The van der Waals surface area contributed by atoms with Gasteiger partial charge < -0.3 is 9.42 Å². The molecule has 122 valence electrons. The van der Waals surface area contributed by atoms with Crippen molar-refractivity contribution in [2.24, 2.45) is 0 Å². The van der Waals surface area contributed by atoms with Crippen LogP contribution in [-0.2, 0) is 0 Å². The summed E-state index contributed by atoms with van der Waals surface area (Å²) >= 11 is 5.94. The van der Waals surface area contributed by atoms with Gasteiger partial charge in [0.25, 0.3) is 5.91 Å². The van der Waals surface area contributed by atoms with Gasteiger partial charge in [-0.25, -0.2) is 0 Å². The van der Waals surface area contributed by atoms with Crippen molar-refractivity contribution in [1.29, 1.82) is 0 Å². The van der Waals surface area contributed by atoms with Crippen molar-refractivity contribution in [1.82, 2.24) is 15.0 Å². The molecule has 0 N–H and O–H groups in total. The molecule has 1 unspecified atom stereocenters. The van der Waals surface area contributed by atoms with E-state index in [1.165, 1.54) is 5.56 Å². The second-order valence-electron chi connectivity index (χ2n) is 5.89. The predicted molar refractivity (Wildman–Crippen MR) is 88.6 cm³/mol. The summed E-state index contributed by atoms with van der Waals surface area (Å²) in [5.41, 5.74) is 1.96. The molecule has 1 aromatic heterocycles. The number of aromatic nitrogens is 1. The Bertz CT molecular complexity index is 675. The second-order valence-corrected chi connectivity index (χ2v) is 6.32. The van der Waals surface area contributed by atoms with E-state index in [0.29, 0.717) is 24.9 Å². The minimum absolute atomic E-state index is 0.0793. The number of hydrogen-bond acceptors (Lipinski definition) is 4.